The first kappa shape index (κ1) is 38.1. The van der Waals surface area contributed by atoms with Crippen LogP contribution in [0.2, 0.25) is 11.6 Å². The smallest absolute Gasteiger partial charge is 0.160 e. The van der Waals surface area contributed by atoms with E-state index in [4.69, 9.17) is 9.97 Å². The zero-order valence-corrected chi connectivity index (χ0v) is 36.8. The Morgan fingerprint density at radius 3 is 1.82 bits per heavy atom. The Hall–Kier alpha value is -6.82. The lowest BCUT2D eigenvalue weighted by molar-refractivity contribution is 0.746. The SMILES string of the molecule is C[Si-](c1ccc(-n2c3ccccc3c3cc(-c4ccc5c(c4)c4ccccc4n5C4=CC=C(c5cc(C6C=CC=CC6)nc(-c6ccccc6)n5)CC4)ccc32)cc1)C(C)(C)C. The summed E-state index contributed by atoms with van der Waals surface area (Å²) < 4.78 is 4.91. The van der Waals surface area contributed by atoms with Crippen molar-refractivity contribution in [2.45, 2.75) is 57.5 Å². The second kappa shape index (κ2) is 15.3. The van der Waals surface area contributed by atoms with E-state index in [-0.39, 0.29) is 5.92 Å². The number of allylic oxidation sites excluding steroid dienone is 8. The molecule has 0 amide bonds. The van der Waals surface area contributed by atoms with Gasteiger partial charge in [-0.15, -0.1) is 0 Å². The predicted molar refractivity (Wildman–Crippen MR) is 265 cm³/mol. The van der Waals surface area contributed by atoms with Gasteiger partial charge in [0.1, 0.15) is 0 Å². The van der Waals surface area contributed by atoms with Crippen molar-refractivity contribution in [1.29, 1.82) is 0 Å². The van der Waals surface area contributed by atoms with Crippen LogP contribution in [0.1, 0.15) is 57.3 Å². The van der Waals surface area contributed by atoms with E-state index in [0.717, 1.165) is 42.0 Å². The molecule has 3 aromatic heterocycles. The molecule has 1 atom stereocenters. The number of nitrogens with zero attached hydrogens (tertiary/aromatic N) is 4. The Kier molecular flexibility index (Phi) is 9.39. The fourth-order valence-electron chi connectivity index (χ4n) is 9.55. The third-order valence-corrected chi connectivity index (χ3v) is 16.7. The monoisotopic (exact) mass is 817 g/mol. The highest BCUT2D eigenvalue weighted by molar-refractivity contribution is 6.74. The van der Waals surface area contributed by atoms with Crippen molar-refractivity contribution < 1.29 is 0 Å². The molecule has 6 aromatic carbocycles. The van der Waals surface area contributed by atoms with Gasteiger partial charge in [-0.1, -0.05) is 142 Å². The number of hydrogen-bond acceptors (Lipinski definition) is 2. The number of aromatic nitrogens is 4. The summed E-state index contributed by atoms with van der Waals surface area (Å²) in [4.78, 5) is 10.2. The molecule has 2 aliphatic carbocycles. The number of hydrogen-bond donors (Lipinski definition) is 0. The molecule has 0 N–H and O–H groups in total. The summed E-state index contributed by atoms with van der Waals surface area (Å²) in [5, 5.41) is 6.87. The van der Waals surface area contributed by atoms with Crippen LogP contribution >= 0.6 is 0 Å². The Morgan fingerprint density at radius 1 is 0.565 bits per heavy atom. The summed E-state index contributed by atoms with van der Waals surface area (Å²) in [6.07, 6.45) is 16.1. The molecule has 4 nitrogen and oxygen atoms in total. The van der Waals surface area contributed by atoms with Crippen LogP contribution in [0.4, 0.5) is 0 Å². The molecule has 3 heterocycles. The van der Waals surface area contributed by atoms with E-state index in [2.05, 4.69) is 212 Å². The normalized spacial score (nSPS) is 15.5. The van der Waals surface area contributed by atoms with Gasteiger partial charge >= 0.3 is 0 Å². The molecule has 2 aliphatic rings. The van der Waals surface area contributed by atoms with E-state index in [1.165, 1.54) is 76.9 Å². The van der Waals surface area contributed by atoms with Gasteiger partial charge in [0.15, 0.2) is 5.82 Å². The van der Waals surface area contributed by atoms with Crippen molar-refractivity contribution >= 4 is 68.9 Å². The molecule has 0 saturated carbocycles. The number of para-hydroxylation sites is 2. The van der Waals surface area contributed by atoms with E-state index < -0.39 is 8.80 Å². The Balaban J connectivity index is 0.966. The van der Waals surface area contributed by atoms with Gasteiger partial charge in [0, 0.05) is 44.4 Å². The molecule has 0 fully saturated rings. The Labute approximate surface area is 365 Å². The van der Waals surface area contributed by atoms with Gasteiger partial charge in [-0.3, -0.25) is 8.80 Å². The van der Waals surface area contributed by atoms with Crippen molar-refractivity contribution in [2.75, 3.05) is 0 Å². The van der Waals surface area contributed by atoms with Crippen LogP contribution in [0.5, 0.6) is 0 Å². The highest BCUT2D eigenvalue weighted by Gasteiger charge is 2.21. The van der Waals surface area contributed by atoms with Crippen LogP contribution in [0.15, 0.2) is 182 Å². The van der Waals surface area contributed by atoms with Gasteiger partial charge < -0.3 is 9.13 Å². The molecule has 0 spiro atoms. The summed E-state index contributed by atoms with van der Waals surface area (Å²) in [6, 6.07) is 53.7. The number of benzene rings is 6. The lowest BCUT2D eigenvalue weighted by Gasteiger charge is -2.41. The Morgan fingerprint density at radius 2 is 1.19 bits per heavy atom. The molecule has 0 saturated heterocycles. The third kappa shape index (κ3) is 6.68. The molecule has 1 unspecified atom stereocenters. The summed E-state index contributed by atoms with van der Waals surface area (Å²) in [5.74, 6) is 1.03. The standard InChI is InChI=1S/C57H49N4Si/c1-57(2,3)62(4)45-31-29-44(30-32-45)61-53-22-14-12-20-47(53)49-36-42(26-34-55(49)61)41-25-33-54-48(35-41)46-19-11-13-21-52(46)60(54)43-27-23-39(24-28-43)51-37-50(38-15-7-5-8-16-38)58-56(59-51)40-17-9-6-10-18-40/h5-15,17-23,25-27,29-38H,16,24,28H2,1-4H3/q-1. The first-order valence-corrected chi connectivity index (χ1v) is 24.0. The van der Waals surface area contributed by atoms with Crippen LogP contribution in [-0.2, 0) is 0 Å². The number of fused-ring (bicyclic) bond motifs is 6. The van der Waals surface area contributed by atoms with Gasteiger partial charge in [-0.05, 0) is 96.6 Å². The minimum Gasteiger partial charge on any atom is -0.313 e. The first-order chi connectivity index (χ1) is 30.3. The van der Waals surface area contributed by atoms with E-state index in [0.29, 0.717) is 5.04 Å². The lowest BCUT2D eigenvalue weighted by atomic mass is 9.93. The lowest BCUT2D eigenvalue weighted by Crippen LogP contribution is -2.35. The fourth-order valence-corrected chi connectivity index (χ4v) is 11.1. The summed E-state index contributed by atoms with van der Waals surface area (Å²) in [7, 11) is -0.672. The predicted octanol–water partition coefficient (Wildman–Crippen LogP) is 14.5. The van der Waals surface area contributed by atoms with E-state index in [1.807, 2.05) is 6.07 Å². The molecule has 5 heteroatoms. The van der Waals surface area contributed by atoms with Gasteiger partial charge in [0.05, 0.1) is 33.5 Å². The van der Waals surface area contributed by atoms with E-state index in [9.17, 15) is 0 Å². The molecule has 0 radical (unpaired) electrons. The fraction of sp³-hybridized carbons (Fsp3) is 0.158. The van der Waals surface area contributed by atoms with Gasteiger partial charge in [-0.25, -0.2) is 9.97 Å². The van der Waals surface area contributed by atoms with E-state index >= 15 is 0 Å². The first-order valence-electron chi connectivity index (χ1n) is 22.0. The van der Waals surface area contributed by atoms with Crippen molar-refractivity contribution in [3.05, 3.63) is 193 Å². The average Bonchev–Trinajstić information content (AvgIpc) is 3.84. The molecule has 0 aliphatic heterocycles. The average molecular weight is 818 g/mol. The molecule has 0 bridgehead atoms. The minimum atomic E-state index is -0.672. The van der Waals surface area contributed by atoms with Crippen LogP contribution < -0.4 is 5.19 Å². The molecule has 62 heavy (non-hydrogen) atoms. The molecule has 302 valence electrons. The second-order valence-corrected chi connectivity index (χ2v) is 21.3. The van der Waals surface area contributed by atoms with Gasteiger partial charge in [0.2, 0.25) is 0 Å². The highest BCUT2D eigenvalue weighted by atomic mass is 28.3. The van der Waals surface area contributed by atoms with Gasteiger partial charge in [-0.2, -0.15) is 16.8 Å². The quantitative estimate of drug-likeness (QED) is 0.150. The maximum Gasteiger partial charge on any atom is 0.160 e. The molecular formula is C57H49N4Si-. The summed E-state index contributed by atoms with van der Waals surface area (Å²) in [6.45, 7) is 9.53. The van der Waals surface area contributed by atoms with Crippen LogP contribution in [0, 0.1) is 0 Å². The molecule has 9 aromatic rings. The molecule has 11 rings (SSSR count). The van der Waals surface area contributed by atoms with Crippen molar-refractivity contribution in [3.63, 3.8) is 0 Å². The summed E-state index contributed by atoms with van der Waals surface area (Å²) >= 11 is 0. The summed E-state index contributed by atoms with van der Waals surface area (Å²) in [5.41, 5.74) is 14.3. The van der Waals surface area contributed by atoms with Crippen LogP contribution in [0.3, 0.4) is 0 Å². The second-order valence-electron chi connectivity index (χ2n) is 18.0. The topological polar surface area (TPSA) is 35.6 Å². The van der Waals surface area contributed by atoms with Crippen molar-refractivity contribution in [2.24, 2.45) is 0 Å². The third-order valence-electron chi connectivity index (χ3n) is 13.2. The zero-order chi connectivity index (χ0) is 42.0. The van der Waals surface area contributed by atoms with Crippen molar-refractivity contribution in [1.82, 2.24) is 19.1 Å². The van der Waals surface area contributed by atoms with Crippen molar-refractivity contribution in [3.8, 4) is 28.2 Å². The zero-order valence-electron chi connectivity index (χ0n) is 35.8. The maximum atomic E-state index is 5.16. The maximum absolute atomic E-state index is 5.16. The van der Waals surface area contributed by atoms with Gasteiger partial charge in [0.25, 0.3) is 0 Å². The minimum absolute atomic E-state index is 0.246. The molecular weight excluding hydrogens is 769 g/mol. The number of rotatable bonds is 7. The highest BCUT2D eigenvalue weighted by Crippen LogP contribution is 2.40. The van der Waals surface area contributed by atoms with E-state index in [1.54, 1.807) is 0 Å². The largest absolute Gasteiger partial charge is 0.313 e. The van der Waals surface area contributed by atoms with Crippen LogP contribution in [0.25, 0.3) is 83.1 Å². The van der Waals surface area contributed by atoms with Crippen LogP contribution in [-0.4, -0.2) is 27.9 Å². The Bertz CT molecular complexity index is 3320.